The highest BCUT2D eigenvalue weighted by atomic mass is 16.5. The summed E-state index contributed by atoms with van der Waals surface area (Å²) < 4.78 is 5.65. The maximum absolute atomic E-state index is 14.0. The molecule has 1 spiro atoms. The van der Waals surface area contributed by atoms with Gasteiger partial charge in [-0.05, 0) is 59.9 Å². The largest absolute Gasteiger partial charge is 0.493 e. The molecule has 2 saturated heterocycles. The molecule has 0 unspecified atom stereocenters. The number of ether oxygens (including phenoxy) is 1. The number of nitrogens with zero attached hydrogens (tertiary/aromatic N) is 3. The van der Waals surface area contributed by atoms with Crippen molar-refractivity contribution in [1.82, 2.24) is 14.7 Å². The number of urea groups is 1. The summed E-state index contributed by atoms with van der Waals surface area (Å²) in [5.41, 5.74) is 4.43. The topological polar surface area (TPSA) is 53.1 Å². The summed E-state index contributed by atoms with van der Waals surface area (Å²) >= 11 is 0. The summed E-state index contributed by atoms with van der Waals surface area (Å²) in [6, 6.07) is 14.7. The van der Waals surface area contributed by atoms with E-state index in [4.69, 9.17) is 4.74 Å². The lowest BCUT2D eigenvalue weighted by Gasteiger charge is -2.42. The predicted octanol–water partition coefficient (Wildman–Crippen LogP) is 4.04. The molecule has 0 N–H and O–H groups in total. The van der Waals surface area contributed by atoms with Crippen LogP contribution in [0.3, 0.4) is 0 Å². The Hall–Kier alpha value is -2.86. The second-order valence-electron chi connectivity index (χ2n) is 11.1. The molecule has 4 aliphatic rings. The minimum absolute atomic E-state index is 0.0373. The van der Waals surface area contributed by atoms with Gasteiger partial charge < -0.3 is 9.64 Å². The molecule has 3 heterocycles. The molecule has 6 rings (SSSR count). The molecule has 3 amide bonds. The molecule has 1 aliphatic carbocycles. The average molecular weight is 474 g/mol. The lowest BCUT2D eigenvalue weighted by Crippen LogP contribution is -2.57. The molecule has 0 radical (unpaired) electrons. The second-order valence-corrected chi connectivity index (χ2v) is 11.1. The van der Waals surface area contributed by atoms with Crippen LogP contribution >= 0.6 is 0 Å². The lowest BCUT2D eigenvalue weighted by atomic mass is 9.85. The smallest absolute Gasteiger partial charge is 0.327 e. The van der Waals surface area contributed by atoms with Crippen LogP contribution in [0.15, 0.2) is 42.5 Å². The number of likely N-dealkylation sites (tertiary alicyclic amines) is 1. The van der Waals surface area contributed by atoms with Gasteiger partial charge in [0.05, 0.1) is 6.61 Å². The number of benzene rings is 2. The average Bonchev–Trinajstić information content (AvgIpc) is 3.53. The molecule has 2 fully saturated rings. The van der Waals surface area contributed by atoms with E-state index < -0.39 is 5.54 Å². The van der Waals surface area contributed by atoms with Crippen molar-refractivity contribution in [3.8, 4) is 5.75 Å². The number of fused-ring (bicyclic) bond motifs is 2. The van der Waals surface area contributed by atoms with Crippen LogP contribution in [0.1, 0.15) is 48.9 Å². The van der Waals surface area contributed by atoms with Gasteiger partial charge >= 0.3 is 6.03 Å². The monoisotopic (exact) mass is 473 g/mol. The van der Waals surface area contributed by atoms with E-state index in [0.29, 0.717) is 25.3 Å². The van der Waals surface area contributed by atoms with Crippen molar-refractivity contribution in [2.45, 2.75) is 64.1 Å². The van der Waals surface area contributed by atoms with Gasteiger partial charge in [0, 0.05) is 38.6 Å². The van der Waals surface area contributed by atoms with Crippen molar-refractivity contribution < 1.29 is 14.3 Å². The van der Waals surface area contributed by atoms with Crippen molar-refractivity contribution in [2.75, 3.05) is 26.2 Å². The van der Waals surface area contributed by atoms with Gasteiger partial charge in [0.2, 0.25) is 0 Å². The fourth-order valence-corrected chi connectivity index (χ4v) is 6.56. The van der Waals surface area contributed by atoms with Crippen LogP contribution in [0.4, 0.5) is 4.79 Å². The Morgan fingerprint density at radius 3 is 2.40 bits per heavy atom. The summed E-state index contributed by atoms with van der Waals surface area (Å²) in [7, 11) is 0. The van der Waals surface area contributed by atoms with E-state index in [1.807, 2.05) is 17.0 Å². The molecule has 0 saturated carbocycles. The highest BCUT2D eigenvalue weighted by Gasteiger charge is 2.59. The number of piperidine rings is 1. The number of hydrogen-bond acceptors (Lipinski definition) is 4. The van der Waals surface area contributed by atoms with Crippen LogP contribution in [-0.4, -0.2) is 64.5 Å². The van der Waals surface area contributed by atoms with Crippen molar-refractivity contribution in [1.29, 1.82) is 0 Å². The van der Waals surface area contributed by atoms with Gasteiger partial charge in [-0.3, -0.25) is 14.6 Å². The maximum atomic E-state index is 14.0. The highest BCUT2D eigenvalue weighted by molar-refractivity contribution is 6.07. The molecule has 0 bridgehead atoms. The fraction of sp³-hybridized carbons (Fsp3) is 0.517. The quantitative estimate of drug-likeness (QED) is 0.615. The van der Waals surface area contributed by atoms with Gasteiger partial charge in [-0.2, -0.15) is 0 Å². The Balaban J connectivity index is 1.20. The number of carbonyl (C=O) groups excluding carboxylic acids is 2. The highest BCUT2D eigenvalue weighted by Crippen LogP contribution is 2.41. The molecule has 2 aromatic rings. The SMILES string of the molecule is CC(C)CN1C(=O)N(C2Cc3ccccc3C2)C(=O)C12CCN(Cc1ccc3c(c1)CCO3)CC2. The summed E-state index contributed by atoms with van der Waals surface area (Å²) in [6.45, 7) is 8.18. The first-order valence-corrected chi connectivity index (χ1v) is 13.1. The molecule has 6 heteroatoms. The zero-order valence-electron chi connectivity index (χ0n) is 20.8. The maximum Gasteiger partial charge on any atom is 0.327 e. The molecule has 184 valence electrons. The summed E-state index contributed by atoms with van der Waals surface area (Å²) in [6.07, 6.45) is 3.93. The molecular weight excluding hydrogens is 438 g/mol. The third-order valence-corrected chi connectivity index (χ3v) is 8.36. The normalized spacial score (nSPS) is 21.8. The van der Waals surface area contributed by atoms with E-state index in [2.05, 4.69) is 49.1 Å². The number of imide groups is 1. The van der Waals surface area contributed by atoms with E-state index in [1.165, 1.54) is 22.3 Å². The van der Waals surface area contributed by atoms with Gasteiger partial charge in [-0.15, -0.1) is 0 Å². The van der Waals surface area contributed by atoms with E-state index in [9.17, 15) is 9.59 Å². The first-order chi connectivity index (χ1) is 16.9. The lowest BCUT2D eigenvalue weighted by molar-refractivity contribution is -0.137. The van der Waals surface area contributed by atoms with Crippen LogP contribution in [0.5, 0.6) is 5.75 Å². The first-order valence-electron chi connectivity index (χ1n) is 13.1. The molecule has 35 heavy (non-hydrogen) atoms. The Morgan fingerprint density at radius 1 is 1.00 bits per heavy atom. The Kier molecular flexibility index (Phi) is 5.59. The zero-order valence-corrected chi connectivity index (χ0v) is 20.8. The Morgan fingerprint density at radius 2 is 1.71 bits per heavy atom. The minimum atomic E-state index is -0.696. The van der Waals surface area contributed by atoms with Crippen molar-refractivity contribution in [3.05, 3.63) is 64.7 Å². The van der Waals surface area contributed by atoms with Gasteiger partial charge in [0.1, 0.15) is 11.3 Å². The number of carbonyl (C=O) groups is 2. The molecule has 0 atom stereocenters. The predicted molar refractivity (Wildman–Crippen MR) is 134 cm³/mol. The van der Waals surface area contributed by atoms with Gasteiger partial charge in [0.25, 0.3) is 5.91 Å². The molecule has 2 aromatic carbocycles. The third-order valence-electron chi connectivity index (χ3n) is 8.36. The van der Waals surface area contributed by atoms with Gasteiger partial charge in [-0.1, -0.05) is 50.2 Å². The van der Waals surface area contributed by atoms with Crippen molar-refractivity contribution in [2.24, 2.45) is 5.92 Å². The molecule has 3 aliphatic heterocycles. The Labute approximate surface area is 207 Å². The molecule has 6 nitrogen and oxygen atoms in total. The van der Waals surface area contributed by atoms with Crippen LogP contribution in [0, 0.1) is 5.92 Å². The third kappa shape index (κ3) is 3.83. The summed E-state index contributed by atoms with van der Waals surface area (Å²) in [5, 5.41) is 0. The van der Waals surface area contributed by atoms with Crippen LogP contribution in [0.25, 0.3) is 0 Å². The van der Waals surface area contributed by atoms with E-state index in [-0.39, 0.29) is 18.0 Å². The zero-order chi connectivity index (χ0) is 24.2. The van der Waals surface area contributed by atoms with Crippen molar-refractivity contribution in [3.63, 3.8) is 0 Å². The fourth-order valence-electron chi connectivity index (χ4n) is 6.56. The van der Waals surface area contributed by atoms with Crippen LogP contribution < -0.4 is 4.74 Å². The summed E-state index contributed by atoms with van der Waals surface area (Å²) in [4.78, 5) is 33.8. The summed E-state index contributed by atoms with van der Waals surface area (Å²) in [5.74, 6) is 1.37. The Bertz CT molecular complexity index is 1130. The molecular formula is C29H35N3O3. The minimum Gasteiger partial charge on any atom is -0.493 e. The van der Waals surface area contributed by atoms with Gasteiger partial charge in [-0.25, -0.2) is 4.79 Å². The van der Waals surface area contributed by atoms with E-state index in [0.717, 1.165) is 51.3 Å². The van der Waals surface area contributed by atoms with E-state index in [1.54, 1.807) is 4.90 Å². The standard InChI is InChI=1S/C29H35N3O3/c1-20(2)18-31-28(34)32(25-16-22-5-3-4-6-23(22)17-25)27(33)29(31)10-12-30(13-11-29)19-21-7-8-26-24(15-21)9-14-35-26/h3-8,15,20,25H,9-14,16-19H2,1-2H3. The van der Waals surface area contributed by atoms with Crippen LogP contribution in [-0.2, 0) is 30.6 Å². The van der Waals surface area contributed by atoms with Crippen LogP contribution in [0.2, 0.25) is 0 Å². The number of amides is 3. The molecule has 0 aromatic heterocycles. The first kappa shape index (κ1) is 22.6. The van der Waals surface area contributed by atoms with E-state index >= 15 is 0 Å². The van der Waals surface area contributed by atoms with Crippen molar-refractivity contribution >= 4 is 11.9 Å². The second kappa shape index (κ2) is 8.66. The number of hydrogen-bond donors (Lipinski definition) is 0. The number of rotatable bonds is 5. The van der Waals surface area contributed by atoms with Gasteiger partial charge in [0.15, 0.2) is 0 Å².